The maximum absolute atomic E-state index is 12.4. The molecular formula is C16H24N4O3. The number of rotatable bonds is 7. The second-order valence-corrected chi connectivity index (χ2v) is 5.82. The highest BCUT2D eigenvalue weighted by atomic mass is 16.5. The first-order chi connectivity index (χ1) is 11.0. The summed E-state index contributed by atoms with van der Waals surface area (Å²) < 4.78 is 5.67. The number of pyridine rings is 1. The topological polar surface area (TPSA) is 88.8 Å². The number of aromatic nitrogens is 1. The Balaban J connectivity index is 1.90. The molecule has 1 aromatic rings. The minimum absolute atomic E-state index is 0.0787. The van der Waals surface area contributed by atoms with E-state index < -0.39 is 5.91 Å². The van der Waals surface area contributed by atoms with Gasteiger partial charge in [-0.2, -0.15) is 0 Å². The molecule has 0 unspecified atom stereocenters. The summed E-state index contributed by atoms with van der Waals surface area (Å²) in [6, 6.07) is 5.60. The zero-order valence-electron chi connectivity index (χ0n) is 13.5. The monoisotopic (exact) mass is 320 g/mol. The number of hydrogen-bond donors (Lipinski definition) is 1. The molecule has 1 aliphatic rings. The third-order valence-corrected chi connectivity index (χ3v) is 3.79. The molecule has 7 heteroatoms. The Labute approximate surface area is 136 Å². The molecule has 126 valence electrons. The van der Waals surface area contributed by atoms with Crippen LogP contribution in [0.2, 0.25) is 0 Å². The average Bonchev–Trinajstić information content (AvgIpc) is 2.52. The molecule has 0 radical (unpaired) electrons. The largest absolute Gasteiger partial charge is 0.374 e. The molecule has 0 aromatic carbocycles. The molecule has 23 heavy (non-hydrogen) atoms. The number of ether oxygens (including phenoxy) is 1. The number of primary amides is 1. The van der Waals surface area contributed by atoms with Crippen LogP contribution < -0.4 is 5.73 Å². The Bertz CT molecular complexity index is 523. The molecule has 0 bridgehead atoms. The third-order valence-electron chi connectivity index (χ3n) is 3.79. The van der Waals surface area contributed by atoms with E-state index in [2.05, 4.69) is 9.88 Å². The molecule has 1 fully saturated rings. The van der Waals surface area contributed by atoms with E-state index in [9.17, 15) is 9.59 Å². The van der Waals surface area contributed by atoms with Crippen LogP contribution in [0, 0.1) is 0 Å². The summed E-state index contributed by atoms with van der Waals surface area (Å²) in [4.78, 5) is 31.5. The summed E-state index contributed by atoms with van der Waals surface area (Å²) in [6.07, 6.45) is 2.45. The van der Waals surface area contributed by atoms with Gasteiger partial charge in [-0.25, -0.2) is 0 Å². The molecule has 0 aliphatic carbocycles. The van der Waals surface area contributed by atoms with Crippen molar-refractivity contribution in [2.24, 2.45) is 5.73 Å². The predicted molar refractivity (Wildman–Crippen MR) is 85.6 cm³/mol. The number of nitrogens with zero attached hydrogens (tertiary/aromatic N) is 3. The summed E-state index contributed by atoms with van der Waals surface area (Å²) in [5.41, 5.74) is 6.13. The van der Waals surface area contributed by atoms with E-state index in [1.54, 1.807) is 6.20 Å². The molecule has 0 spiro atoms. The van der Waals surface area contributed by atoms with Crippen molar-refractivity contribution in [1.82, 2.24) is 14.8 Å². The standard InChI is InChI=1S/C16H24N4O3/c1-19-8-9-23-14(10-19)11-20(12-15(17)21)16(22)6-5-13-4-2-3-7-18-13/h2-4,7,14H,5-6,8-12H2,1H3,(H2,17,21)/t14-/m0/s1. The summed E-state index contributed by atoms with van der Waals surface area (Å²) in [5, 5.41) is 0. The van der Waals surface area contributed by atoms with Crippen molar-refractivity contribution in [3.8, 4) is 0 Å². The van der Waals surface area contributed by atoms with Crippen molar-refractivity contribution in [1.29, 1.82) is 0 Å². The molecule has 1 atom stereocenters. The van der Waals surface area contributed by atoms with E-state index in [1.807, 2.05) is 25.2 Å². The van der Waals surface area contributed by atoms with Crippen molar-refractivity contribution in [3.05, 3.63) is 30.1 Å². The van der Waals surface area contributed by atoms with E-state index in [-0.39, 0.29) is 18.6 Å². The molecule has 1 aliphatic heterocycles. The highest BCUT2D eigenvalue weighted by molar-refractivity contribution is 5.83. The smallest absolute Gasteiger partial charge is 0.237 e. The summed E-state index contributed by atoms with van der Waals surface area (Å²) in [5.74, 6) is -0.619. The third kappa shape index (κ3) is 5.96. The van der Waals surface area contributed by atoms with Gasteiger partial charge >= 0.3 is 0 Å². The summed E-state index contributed by atoms with van der Waals surface area (Å²) in [6.45, 7) is 2.55. The van der Waals surface area contributed by atoms with Crippen LogP contribution in [-0.2, 0) is 20.7 Å². The highest BCUT2D eigenvalue weighted by Gasteiger charge is 2.24. The van der Waals surface area contributed by atoms with Crippen LogP contribution in [0.5, 0.6) is 0 Å². The first kappa shape index (κ1) is 17.4. The van der Waals surface area contributed by atoms with Gasteiger partial charge in [0.25, 0.3) is 0 Å². The lowest BCUT2D eigenvalue weighted by atomic mass is 10.2. The number of hydrogen-bond acceptors (Lipinski definition) is 5. The van der Waals surface area contributed by atoms with Gasteiger partial charge in [-0.1, -0.05) is 6.07 Å². The van der Waals surface area contributed by atoms with Crippen LogP contribution in [0.3, 0.4) is 0 Å². The van der Waals surface area contributed by atoms with E-state index in [4.69, 9.17) is 10.5 Å². The van der Waals surface area contributed by atoms with Crippen LogP contribution in [-0.4, -0.2) is 72.5 Å². The molecule has 2 N–H and O–H groups in total. The Morgan fingerprint density at radius 1 is 1.48 bits per heavy atom. The minimum Gasteiger partial charge on any atom is -0.374 e. The van der Waals surface area contributed by atoms with Gasteiger partial charge in [-0.15, -0.1) is 0 Å². The fourth-order valence-electron chi connectivity index (χ4n) is 2.60. The summed E-state index contributed by atoms with van der Waals surface area (Å²) >= 11 is 0. The van der Waals surface area contributed by atoms with Crippen LogP contribution in [0.15, 0.2) is 24.4 Å². The van der Waals surface area contributed by atoms with E-state index in [0.29, 0.717) is 26.0 Å². The molecule has 1 aromatic heterocycles. The van der Waals surface area contributed by atoms with Crippen LogP contribution in [0.1, 0.15) is 12.1 Å². The Morgan fingerprint density at radius 2 is 2.30 bits per heavy atom. The SMILES string of the molecule is CN1CCO[C@H](CN(CC(N)=O)C(=O)CCc2ccccn2)C1. The van der Waals surface area contributed by atoms with E-state index >= 15 is 0 Å². The maximum atomic E-state index is 12.4. The number of amides is 2. The number of aryl methyl sites for hydroxylation is 1. The van der Waals surface area contributed by atoms with Gasteiger partial charge in [0.15, 0.2) is 0 Å². The Hall–Kier alpha value is -1.99. The molecule has 2 amide bonds. The lowest BCUT2D eigenvalue weighted by molar-refractivity contribution is -0.138. The number of nitrogens with two attached hydrogens (primary N) is 1. The Morgan fingerprint density at radius 3 is 2.96 bits per heavy atom. The van der Waals surface area contributed by atoms with Crippen molar-refractivity contribution in [3.63, 3.8) is 0 Å². The average molecular weight is 320 g/mol. The van der Waals surface area contributed by atoms with Crippen molar-refractivity contribution < 1.29 is 14.3 Å². The fraction of sp³-hybridized carbons (Fsp3) is 0.562. The predicted octanol–water partition coefficient (Wildman–Crippen LogP) is -0.341. The molecule has 1 saturated heterocycles. The lowest BCUT2D eigenvalue weighted by Crippen LogP contribution is -2.49. The van der Waals surface area contributed by atoms with Crippen molar-refractivity contribution in [2.45, 2.75) is 18.9 Å². The lowest BCUT2D eigenvalue weighted by Gasteiger charge is -2.33. The fourth-order valence-corrected chi connectivity index (χ4v) is 2.60. The first-order valence-corrected chi connectivity index (χ1v) is 7.80. The zero-order chi connectivity index (χ0) is 16.7. The van der Waals surface area contributed by atoms with Gasteiger partial charge in [-0.3, -0.25) is 14.6 Å². The van der Waals surface area contributed by atoms with Gasteiger partial charge in [-0.05, 0) is 25.6 Å². The van der Waals surface area contributed by atoms with Crippen molar-refractivity contribution in [2.75, 3.05) is 39.8 Å². The zero-order valence-corrected chi connectivity index (χ0v) is 13.5. The van der Waals surface area contributed by atoms with Crippen molar-refractivity contribution >= 4 is 11.8 Å². The second-order valence-electron chi connectivity index (χ2n) is 5.82. The molecule has 2 rings (SSSR count). The molecule has 7 nitrogen and oxygen atoms in total. The van der Waals surface area contributed by atoms with Crippen LogP contribution in [0.25, 0.3) is 0 Å². The highest BCUT2D eigenvalue weighted by Crippen LogP contribution is 2.08. The second kappa shape index (κ2) is 8.59. The van der Waals surface area contributed by atoms with Gasteiger partial charge in [0.2, 0.25) is 11.8 Å². The normalized spacial score (nSPS) is 18.6. The van der Waals surface area contributed by atoms with Gasteiger partial charge < -0.3 is 20.3 Å². The number of morpholine rings is 1. The van der Waals surface area contributed by atoms with Gasteiger partial charge in [0, 0.05) is 37.9 Å². The summed E-state index contributed by atoms with van der Waals surface area (Å²) in [7, 11) is 2.01. The van der Waals surface area contributed by atoms with Crippen LogP contribution >= 0.6 is 0 Å². The number of carbonyl (C=O) groups excluding carboxylic acids is 2. The van der Waals surface area contributed by atoms with Gasteiger partial charge in [0.05, 0.1) is 19.3 Å². The maximum Gasteiger partial charge on any atom is 0.237 e. The molecule has 2 heterocycles. The minimum atomic E-state index is -0.514. The van der Waals surface area contributed by atoms with Gasteiger partial charge in [0.1, 0.15) is 0 Å². The Kier molecular flexibility index (Phi) is 6.49. The first-order valence-electron chi connectivity index (χ1n) is 7.80. The quantitative estimate of drug-likeness (QED) is 0.742. The van der Waals surface area contributed by atoms with Crippen LogP contribution in [0.4, 0.5) is 0 Å². The van der Waals surface area contributed by atoms with E-state index in [0.717, 1.165) is 18.8 Å². The van der Waals surface area contributed by atoms with E-state index in [1.165, 1.54) is 4.90 Å². The number of likely N-dealkylation sites (N-methyl/N-ethyl adjacent to an activating group) is 1. The molecular weight excluding hydrogens is 296 g/mol. The number of carbonyl (C=O) groups is 2. The molecule has 0 saturated carbocycles.